The van der Waals surface area contributed by atoms with E-state index < -0.39 is 48.5 Å². The van der Waals surface area contributed by atoms with Crippen LogP contribution in [0.4, 0.5) is 18.9 Å². The van der Waals surface area contributed by atoms with E-state index in [2.05, 4.69) is 58.1 Å². The van der Waals surface area contributed by atoms with E-state index in [0.29, 0.717) is 23.6 Å². The van der Waals surface area contributed by atoms with E-state index in [4.69, 9.17) is 0 Å². The third kappa shape index (κ3) is 8.08. The highest BCUT2D eigenvalue weighted by atomic mass is 79.9. The van der Waals surface area contributed by atoms with Crippen molar-refractivity contribution in [1.82, 2.24) is 16.0 Å². The van der Waals surface area contributed by atoms with Gasteiger partial charge in [-0.2, -0.15) is 13.2 Å². The fourth-order valence-electron chi connectivity index (χ4n) is 3.52. The first kappa shape index (κ1) is 29.2. The zero-order valence-corrected chi connectivity index (χ0v) is 22.6. The number of phenols is 1. The van der Waals surface area contributed by atoms with Gasteiger partial charge in [-0.1, -0.05) is 15.9 Å². The van der Waals surface area contributed by atoms with Gasteiger partial charge >= 0.3 is 12.1 Å². The van der Waals surface area contributed by atoms with Crippen molar-refractivity contribution >= 4 is 61.3 Å². The first-order chi connectivity index (χ1) is 17.8. The lowest BCUT2D eigenvalue weighted by molar-refractivity contribution is -0.138. The molecule has 1 atom stereocenters. The molecular weight excluding hydrogens is 643 g/mol. The molecule has 1 aliphatic heterocycles. The van der Waals surface area contributed by atoms with Gasteiger partial charge in [0, 0.05) is 34.4 Å². The van der Waals surface area contributed by atoms with Crippen molar-refractivity contribution in [3.63, 3.8) is 0 Å². The number of aromatic hydroxyl groups is 1. The topological polar surface area (TPSA) is 152 Å². The Morgan fingerprint density at radius 3 is 2.50 bits per heavy atom. The minimum atomic E-state index is -4.74. The second-order valence-electron chi connectivity index (χ2n) is 8.16. The molecule has 1 heterocycles. The molecular formula is C23H22Br2F3N5O5. The zero-order chi connectivity index (χ0) is 28.0. The van der Waals surface area contributed by atoms with E-state index in [1.165, 1.54) is 18.2 Å². The number of carboxylic acids is 1. The molecule has 0 saturated heterocycles. The van der Waals surface area contributed by atoms with Crippen LogP contribution in [-0.2, 0) is 15.8 Å². The summed E-state index contributed by atoms with van der Waals surface area (Å²) in [6, 6.07) is 4.45. The number of anilines is 1. The smallest absolute Gasteiger partial charge is 0.416 e. The van der Waals surface area contributed by atoms with Crippen molar-refractivity contribution < 1.29 is 37.8 Å². The summed E-state index contributed by atoms with van der Waals surface area (Å²) in [5, 5.41) is 29.9. The summed E-state index contributed by atoms with van der Waals surface area (Å²) < 4.78 is 41.1. The number of aliphatic imine (C=N–C) groups is 1. The van der Waals surface area contributed by atoms with Crippen LogP contribution in [0.2, 0.25) is 0 Å². The second kappa shape index (κ2) is 12.5. The van der Waals surface area contributed by atoms with Crippen LogP contribution in [0.3, 0.4) is 0 Å². The molecule has 1 unspecified atom stereocenters. The fourth-order valence-corrected chi connectivity index (χ4v) is 4.78. The Hall–Kier alpha value is -3.33. The Balaban J connectivity index is 1.74. The molecule has 0 aromatic heterocycles. The summed E-state index contributed by atoms with van der Waals surface area (Å²) in [6.07, 6.45) is -4.55. The average Bonchev–Trinajstić information content (AvgIpc) is 2.84. The third-order valence-electron chi connectivity index (χ3n) is 5.24. The number of carboxylic acid groups (broad SMARTS) is 1. The SMILES string of the molecule is O=C(O)CC(NC(=O)CNC(=O)c1cc(NC2=NCCCN2)cc(C(F)(F)F)c1)c1cc(Br)cc(Br)c1O. The Morgan fingerprint density at radius 2 is 1.87 bits per heavy atom. The van der Waals surface area contributed by atoms with Gasteiger partial charge in [-0.05, 0) is 52.7 Å². The Morgan fingerprint density at radius 1 is 1.13 bits per heavy atom. The van der Waals surface area contributed by atoms with Crippen molar-refractivity contribution in [2.75, 3.05) is 25.0 Å². The summed E-state index contributed by atoms with van der Waals surface area (Å²) in [4.78, 5) is 40.7. The van der Waals surface area contributed by atoms with Crippen LogP contribution in [0.5, 0.6) is 5.75 Å². The fraction of sp³-hybridized carbons (Fsp3) is 0.304. The van der Waals surface area contributed by atoms with Crippen molar-refractivity contribution in [1.29, 1.82) is 0 Å². The summed E-state index contributed by atoms with van der Waals surface area (Å²) >= 11 is 6.36. The number of carbonyl (C=O) groups is 3. The number of rotatable bonds is 8. The number of phenolic OH excluding ortho intramolecular Hbond substituents is 1. The van der Waals surface area contributed by atoms with Gasteiger partial charge in [0.25, 0.3) is 5.91 Å². The second-order valence-corrected chi connectivity index (χ2v) is 9.93. The Kier molecular flexibility index (Phi) is 9.60. The molecule has 0 bridgehead atoms. The van der Waals surface area contributed by atoms with Crippen LogP contribution >= 0.6 is 31.9 Å². The molecule has 3 rings (SSSR count). The van der Waals surface area contributed by atoms with E-state index in [1.54, 1.807) is 0 Å². The molecule has 2 aromatic carbocycles. The molecule has 38 heavy (non-hydrogen) atoms. The molecule has 2 aromatic rings. The zero-order valence-electron chi connectivity index (χ0n) is 19.5. The number of nitrogens with one attached hydrogen (secondary N) is 4. The van der Waals surface area contributed by atoms with Gasteiger partial charge in [0.2, 0.25) is 5.91 Å². The van der Waals surface area contributed by atoms with Crippen molar-refractivity contribution in [2.24, 2.45) is 4.99 Å². The van der Waals surface area contributed by atoms with Crippen molar-refractivity contribution in [3.8, 4) is 5.75 Å². The van der Waals surface area contributed by atoms with Gasteiger partial charge in [0.05, 0.1) is 29.0 Å². The maximum absolute atomic E-state index is 13.5. The number of carbonyl (C=O) groups excluding carboxylic acids is 2. The number of aliphatic carboxylic acids is 1. The van der Waals surface area contributed by atoms with E-state index in [0.717, 1.165) is 12.5 Å². The Labute approximate surface area is 231 Å². The summed E-state index contributed by atoms with van der Waals surface area (Å²) in [6.45, 7) is 0.414. The lowest BCUT2D eigenvalue weighted by Crippen LogP contribution is -2.39. The predicted molar refractivity (Wildman–Crippen MR) is 139 cm³/mol. The first-order valence-electron chi connectivity index (χ1n) is 11.1. The van der Waals surface area contributed by atoms with Gasteiger partial charge in [-0.3, -0.25) is 19.4 Å². The quantitative estimate of drug-likeness (QED) is 0.251. The van der Waals surface area contributed by atoms with Crippen LogP contribution < -0.4 is 21.3 Å². The maximum Gasteiger partial charge on any atom is 0.416 e. The first-order valence-corrected chi connectivity index (χ1v) is 12.7. The maximum atomic E-state index is 13.5. The molecule has 0 fully saturated rings. The van der Waals surface area contributed by atoms with Crippen molar-refractivity contribution in [2.45, 2.75) is 25.1 Å². The lowest BCUT2D eigenvalue weighted by atomic mass is 10.0. The number of guanidine groups is 1. The van der Waals surface area contributed by atoms with Crippen LogP contribution in [-0.4, -0.2) is 53.6 Å². The van der Waals surface area contributed by atoms with Gasteiger partial charge in [0.1, 0.15) is 5.75 Å². The number of hydrogen-bond acceptors (Lipinski definition) is 7. The molecule has 0 aliphatic carbocycles. The molecule has 10 nitrogen and oxygen atoms in total. The molecule has 0 radical (unpaired) electrons. The number of nitrogens with zero attached hydrogens (tertiary/aromatic N) is 1. The summed E-state index contributed by atoms with van der Waals surface area (Å²) in [7, 11) is 0. The van der Waals surface area contributed by atoms with Gasteiger partial charge < -0.3 is 31.5 Å². The molecule has 0 saturated carbocycles. The highest BCUT2D eigenvalue weighted by molar-refractivity contribution is 9.11. The van der Waals surface area contributed by atoms with Crippen LogP contribution in [0.25, 0.3) is 0 Å². The van der Waals surface area contributed by atoms with Crippen LogP contribution in [0.1, 0.15) is 40.4 Å². The number of halogens is 5. The minimum absolute atomic E-state index is 0.0280. The summed E-state index contributed by atoms with van der Waals surface area (Å²) in [5.74, 6) is -3.07. The standard InChI is InChI=1S/C23H22Br2F3N5O5/c24-13-7-15(20(37)16(25)8-13)17(9-19(35)36)33-18(34)10-31-21(38)11-4-12(23(26,27)28)6-14(5-11)32-22-29-2-1-3-30-22/h4-8,17,37H,1-3,9-10H2,(H,31,38)(H,33,34)(H,35,36)(H2,29,30,32). The minimum Gasteiger partial charge on any atom is -0.506 e. The molecule has 6 N–H and O–H groups in total. The van der Waals surface area contributed by atoms with E-state index in [-0.39, 0.29) is 33.0 Å². The number of hydrogen-bond donors (Lipinski definition) is 6. The highest BCUT2D eigenvalue weighted by Crippen LogP contribution is 2.36. The van der Waals surface area contributed by atoms with Gasteiger partial charge in [-0.15, -0.1) is 0 Å². The molecule has 1 aliphatic rings. The number of benzene rings is 2. The third-order valence-corrected chi connectivity index (χ3v) is 6.30. The van der Waals surface area contributed by atoms with E-state index in [1.807, 2.05) is 0 Å². The van der Waals surface area contributed by atoms with Crippen LogP contribution in [0, 0.1) is 0 Å². The lowest BCUT2D eigenvalue weighted by Gasteiger charge is -2.20. The molecule has 204 valence electrons. The number of alkyl halides is 3. The van der Waals surface area contributed by atoms with E-state index in [9.17, 15) is 37.8 Å². The molecule has 0 spiro atoms. The average molecular weight is 665 g/mol. The van der Waals surface area contributed by atoms with E-state index >= 15 is 0 Å². The number of amides is 2. The Bertz CT molecular complexity index is 1270. The van der Waals surface area contributed by atoms with Crippen molar-refractivity contribution in [3.05, 3.63) is 56.0 Å². The normalized spacial score (nSPS) is 14.1. The largest absolute Gasteiger partial charge is 0.506 e. The highest BCUT2D eigenvalue weighted by Gasteiger charge is 2.32. The van der Waals surface area contributed by atoms with Gasteiger partial charge in [0.15, 0.2) is 5.96 Å². The van der Waals surface area contributed by atoms with Crippen LogP contribution in [0.15, 0.2) is 44.3 Å². The predicted octanol–water partition coefficient (Wildman–Crippen LogP) is 3.76. The molecule has 2 amide bonds. The molecule has 15 heteroatoms. The summed E-state index contributed by atoms with van der Waals surface area (Å²) in [5.41, 5.74) is -1.37. The monoisotopic (exact) mass is 663 g/mol. The van der Waals surface area contributed by atoms with Gasteiger partial charge in [-0.25, -0.2) is 0 Å².